The van der Waals surface area contributed by atoms with Crippen molar-refractivity contribution in [3.05, 3.63) is 42.9 Å². The third-order valence-electron chi connectivity index (χ3n) is 4.15. The Morgan fingerprint density at radius 1 is 1.22 bits per heavy atom. The number of benzene rings is 1. The summed E-state index contributed by atoms with van der Waals surface area (Å²) < 4.78 is 22.5. The van der Waals surface area contributed by atoms with Gasteiger partial charge in [0, 0.05) is 17.8 Å². The first-order valence-corrected chi connectivity index (χ1v) is 9.35. The molecule has 0 saturated heterocycles. The Kier molecular flexibility index (Phi) is 4.58. The first-order valence-electron chi connectivity index (χ1n) is 7.64. The lowest BCUT2D eigenvalue weighted by molar-refractivity contribution is 0.557. The zero-order valence-corrected chi connectivity index (χ0v) is 13.5. The second-order valence-corrected chi connectivity index (χ2v) is 7.66. The Hall–Kier alpha value is -1.99. The van der Waals surface area contributed by atoms with Crippen LogP contribution in [0.2, 0.25) is 0 Å². The van der Waals surface area contributed by atoms with Gasteiger partial charge >= 0.3 is 0 Å². The van der Waals surface area contributed by atoms with E-state index in [9.17, 15) is 8.42 Å². The third-order valence-corrected chi connectivity index (χ3v) is 5.08. The van der Waals surface area contributed by atoms with Gasteiger partial charge in [-0.25, -0.2) is 23.5 Å². The highest BCUT2D eigenvalue weighted by Crippen LogP contribution is 2.31. The summed E-state index contributed by atoms with van der Waals surface area (Å²) in [5, 5.41) is 8.58. The lowest BCUT2D eigenvalue weighted by Crippen LogP contribution is -2.23. The molecule has 0 amide bonds. The smallest absolute Gasteiger partial charge is 0.209 e. The highest BCUT2D eigenvalue weighted by atomic mass is 32.2. The zero-order valence-electron chi connectivity index (χ0n) is 12.7. The Balaban J connectivity index is 1.72. The SMILES string of the molecule is NS(=O)(=O)C[C@@H]1CC[C@H](Nc2ncncc2-c2ccccc2)C1. The minimum absolute atomic E-state index is 0.0560. The average Bonchev–Trinajstić information content (AvgIpc) is 2.94. The van der Waals surface area contributed by atoms with E-state index in [4.69, 9.17) is 5.14 Å². The molecule has 0 bridgehead atoms. The van der Waals surface area contributed by atoms with Crippen LogP contribution >= 0.6 is 0 Å². The molecule has 1 aliphatic rings. The fourth-order valence-electron chi connectivity index (χ4n) is 3.15. The van der Waals surface area contributed by atoms with Gasteiger partial charge in [-0.1, -0.05) is 30.3 Å². The van der Waals surface area contributed by atoms with Gasteiger partial charge in [0.05, 0.1) is 5.75 Å². The Morgan fingerprint density at radius 3 is 2.74 bits per heavy atom. The number of nitrogens with two attached hydrogens (primary N) is 1. The van der Waals surface area contributed by atoms with E-state index >= 15 is 0 Å². The van der Waals surface area contributed by atoms with E-state index in [-0.39, 0.29) is 17.7 Å². The van der Waals surface area contributed by atoms with Crippen molar-refractivity contribution in [2.75, 3.05) is 11.1 Å². The van der Waals surface area contributed by atoms with Gasteiger partial charge in [0.1, 0.15) is 12.1 Å². The van der Waals surface area contributed by atoms with Crippen molar-refractivity contribution in [2.45, 2.75) is 25.3 Å². The lowest BCUT2D eigenvalue weighted by Gasteiger charge is -2.16. The molecule has 0 radical (unpaired) electrons. The number of rotatable bonds is 5. The maximum absolute atomic E-state index is 11.2. The first kappa shape index (κ1) is 15.9. The largest absolute Gasteiger partial charge is 0.367 e. The van der Waals surface area contributed by atoms with Gasteiger partial charge in [0.2, 0.25) is 10.0 Å². The maximum atomic E-state index is 11.2. The second-order valence-electron chi connectivity index (χ2n) is 6.00. The molecule has 1 aromatic carbocycles. The molecular formula is C16H20N4O2S. The van der Waals surface area contributed by atoms with Gasteiger partial charge in [0.25, 0.3) is 0 Å². The molecule has 0 aliphatic heterocycles. The number of nitrogens with zero attached hydrogens (tertiary/aromatic N) is 2. The summed E-state index contributed by atoms with van der Waals surface area (Å²) in [6, 6.07) is 10.2. The van der Waals surface area contributed by atoms with Gasteiger partial charge < -0.3 is 5.32 Å². The number of nitrogens with one attached hydrogen (secondary N) is 1. The van der Waals surface area contributed by atoms with Crippen LogP contribution in [0.25, 0.3) is 11.1 Å². The maximum Gasteiger partial charge on any atom is 0.209 e. The summed E-state index contributed by atoms with van der Waals surface area (Å²) in [4.78, 5) is 8.47. The van der Waals surface area contributed by atoms with Crippen LogP contribution in [0, 0.1) is 5.92 Å². The third kappa shape index (κ3) is 4.27. The zero-order chi connectivity index (χ0) is 16.3. The number of sulfonamides is 1. The summed E-state index contributed by atoms with van der Waals surface area (Å²) in [5.41, 5.74) is 2.00. The van der Waals surface area contributed by atoms with Crippen LogP contribution in [0.1, 0.15) is 19.3 Å². The number of hydrogen-bond donors (Lipinski definition) is 2. The molecule has 7 heteroatoms. The first-order chi connectivity index (χ1) is 11.0. The molecule has 0 spiro atoms. The molecule has 1 aromatic heterocycles. The highest BCUT2D eigenvalue weighted by Gasteiger charge is 2.28. The molecule has 23 heavy (non-hydrogen) atoms. The molecule has 2 aromatic rings. The fraction of sp³-hybridized carbons (Fsp3) is 0.375. The van der Waals surface area contributed by atoms with E-state index in [2.05, 4.69) is 15.3 Å². The van der Waals surface area contributed by atoms with Crippen molar-refractivity contribution in [3.63, 3.8) is 0 Å². The minimum atomic E-state index is -3.41. The van der Waals surface area contributed by atoms with E-state index in [0.29, 0.717) is 0 Å². The molecule has 6 nitrogen and oxygen atoms in total. The van der Waals surface area contributed by atoms with Gasteiger partial charge in [-0.2, -0.15) is 0 Å². The van der Waals surface area contributed by atoms with E-state index in [1.54, 1.807) is 6.20 Å². The predicted octanol–water partition coefficient (Wildman–Crippen LogP) is 2.01. The average molecular weight is 332 g/mol. The van der Waals surface area contributed by atoms with E-state index in [0.717, 1.165) is 36.2 Å². The lowest BCUT2D eigenvalue weighted by atomic mass is 10.1. The Morgan fingerprint density at radius 2 is 2.00 bits per heavy atom. The molecule has 1 aliphatic carbocycles. The van der Waals surface area contributed by atoms with Gasteiger partial charge in [0.15, 0.2) is 0 Å². The van der Waals surface area contributed by atoms with E-state index in [1.807, 2.05) is 30.3 Å². The minimum Gasteiger partial charge on any atom is -0.367 e. The van der Waals surface area contributed by atoms with E-state index < -0.39 is 10.0 Å². The van der Waals surface area contributed by atoms with Gasteiger partial charge in [-0.15, -0.1) is 0 Å². The summed E-state index contributed by atoms with van der Waals surface area (Å²) in [5.74, 6) is 0.956. The Bertz CT molecular complexity index is 765. The molecule has 1 heterocycles. The fourth-order valence-corrected chi connectivity index (χ4v) is 4.11. The molecule has 1 saturated carbocycles. The standard InChI is InChI=1S/C16H20N4O2S/c17-23(21,22)10-12-6-7-14(8-12)20-16-15(9-18-11-19-16)13-4-2-1-3-5-13/h1-5,9,11-12,14H,6-8,10H2,(H2,17,21,22)(H,18,19,20)/t12-,14+/m1/s1. The molecule has 0 unspecified atom stereocenters. The summed E-state index contributed by atoms with van der Waals surface area (Å²) in [6.45, 7) is 0. The molecular weight excluding hydrogens is 312 g/mol. The van der Waals surface area contributed by atoms with Crippen molar-refractivity contribution >= 4 is 15.8 Å². The van der Waals surface area contributed by atoms with Crippen molar-refractivity contribution in [3.8, 4) is 11.1 Å². The number of primary sulfonamides is 1. The van der Waals surface area contributed by atoms with Crippen molar-refractivity contribution in [1.82, 2.24) is 9.97 Å². The van der Waals surface area contributed by atoms with Crippen molar-refractivity contribution in [1.29, 1.82) is 0 Å². The van der Waals surface area contributed by atoms with Crippen LogP contribution in [0.5, 0.6) is 0 Å². The topological polar surface area (TPSA) is 98.0 Å². The molecule has 122 valence electrons. The van der Waals surface area contributed by atoms with Crippen LogP contribution in [-0.2, 0) is 10.0 Å². The molecule has 2 atom stereocenters. The number of anilines is 1. The van der Waals surface area contributed by atoms with Crippen LogP contribution < -0.4 is 10.5 Å². The summed E-state index contributed by atoms with van der Waals surface area (Å²) >= 11 is 0. The van der Waals surface area contributed by atoms with Gasteiger partial charge in [-0.05, 0) is 30.7 Å². The van der Waals surface area contributed by atoms with Crippen molar-refractivity contribution in [2.24, 2.45) is 11.1 Å². The normalized spacial score (nSPS) is 21.3. The molecule has 1 fully saturated rings. The highest BCUT2D eigenvalue weighted by molar-refractivity contribution is 7.89. The Labute approximate surface area is 136 Å². The summed E-state index contributed by atoms with van der Waals surface area (Å²) in [7, 11) is -3.41. The number of aromatic nitrogens is 2. The quantitative estimate of drug-likeness (QED) is 0.873. The molecule has 3 rings (SSSR count). The van der Waals surface area contributed by atoms with Crippen LogP contribution in [0.3, 0.4) is 0 Å². The summed E-state index contributed by atoms with van der Waals surface area (Å²) in [6.07, 6.45) is 5.87. The van der Waals surface area contributed by atoms with Crippen LogP contribution in [-0.4, -0.2) is 30.2 Å². The van der Waals surface area contributed by atoms with Gasteiger partial charge in [-0.3, -0.25) is 0 Å². The van der Waals surface area contributed by atoms with Crippen molar-refractivity contribution < 1.29 is 8.42 Å². The number of hydrogen-bond acceptors (Lipinski definition) is 5. The second kappa shape index (κ2) is 6.64. The monoisotopic (exact) mass is 332 g/mol. The molecule has 3 N–H and O–H groups in total. The van der Waals surface area contributed by atoms with E-state index in [1.165, 1.54) is 6.33 Å². The van der Waals surface area contributed by atoms with Crippen LogP contribution in [0.4, 0.5) is 5.82 Å². The predicted molar refractivity (Wildman–Crippen MR) is 90.2 cm³/mol. The van der Waals surface area contributed by atoms with Crippen LogP contribution in [0.15, 0.2) is 42.9 Å².